The number of hydrogen-bond donors (Lipinski definition) is 2. The molecule has 74 valence electrons. The first kappa shape index (κ1) is 9.55. The second kappa shape index (κ2) is 4.02. The number of carbonyl (C=O) groups is 1. The summed E-state index contributed by atoms with van der Waals surface area (Å²) in [6.45, 7) is 0. The SMILES string of the molecule is NC1NC(=O)C(Cc2ccccc2)S1. The topological polar surface area (TPSA) is 55.1 Å². The summed E-state index contributed by atoms with van der Waals surface area (Å²) in [5, 5.41) is 2.65. The Balaban J connectivity index is 2.02. The molecule has 0 radical (unpaired) electrons. The minimum Gasteiger partial charge on any atom is -0.331 e. The number of hydrogen-bond acceptors (Lipinski definition) is 3. The maximum absolute atomic E-state index is 11.4. The molecule has 2 rings (SSSR count). The molecule has 1 amide bonds. The van der Waals surface area contributed by atoms with E-state index in [0.717, 1.165) is 6.42 Å². The summed E-state index contributed by atoms with van der Waals surface area (Å²) in [6, 6.07) is 9.98. The maximum Gasteiger partial charge on any atom is 0.235 e. The van der Waals surface area contributed by atoms with Gasteiger partial charge in [-0.1, -0.05) is 30.3 Å². The molecule has 0 saturated carbocycles. The van der Waals surface area contributed by atoms with Crippen molar-refractivity contribution in [3.05, 3.63) is 35.9 Å². The highest BCUT2D eigenvalue weighted by atomic mass is 32.2. The zero-order valence-corrected chi connectivity index (χ0v) is 8.46. The van der Waals surface area contributed by atoms with Crippen LogP contribution in [0.25, 0.3) is 0 Å². The van der Waals surface area contributed by atoms with Gasteiger partial charge < -0.3 is 11.1 Å². The van der Waals surface area contributed by atoms with E-state index in [4.69, 9.17) is 5.73 Å². The van der Waals surface area contributed by atoms with Gasteiger partial charge in [0.2, 0.25) is 5.91 Å². The van der Waals surface area contributed by atoms with Crippen LogP contribution in [0.2, 0.25) is 0 Å². The summed E-state index contributed by atoms with van der Waals surface area (Å²) in [5.41, 5.74) is 6.54. The summed E-state index contributed by atoms with van der Waals surface area (Å²) in [6.07, 6.45) is 0.755. The van der Waals surface area contributed by atoms with E-state index in [1.54, 1.807) is 0 Å². The van der Waals surface area contributed by atoms with Gasteiger partial charge in [0.1, 0.15) is 5.50 Å². The van der Waals surface area contributed by atoms with E-state index in [2.05, 4.69) is 5.32 Å². The van der Waals surface area contributed by atoms with E-state index >= 15 is 0 Å². The van der Waals surface area contributed by atoms with Crippen LogP contribution < -0.4 is 11.1 Å². The molecule has 3 nitrogen and oxygen atoms in total. The van der Waals surface area contributed by atoms with Gasteiger partial charge in [-0.15, -0.1) is 11.8 Å². The first-order valence-electron chi connectivity index (χ1n) is 4.51. The summed E-state index contributed by atoms with van der Waals surface area (Å²) >= 11 is 1.49. The van der Waals surface area contributed by atoms with Crippen LogP contribution in [0.15, 0.2) is 30.3 Å². The normalized spacial score (nSPS) is 26.2. The van der Waals surface area contributed by atoms with Crippen molar-refractivity contribution < 1.29 is 4.79 Å². The monoisotopic (exact) mass is 208 g/mol. The highest BCUT2D eigenvalue weighted by molar-refractivity contribution is 8.01. The minimum absolute atomic E-state index is 0.0348. The van der Waals surface area contributed by atoms with Gasteiger partial charge in [0.05, 0.1) is 5.25 Å². The van der Waals surface area contributed by atoms with Gasteiger partial charge in [0.15, 0.2) is 0 Å². The van der Waals surface area contributed by atoms with Crippen molar-refractivity contribution >= 4 is 17.7 Å². The Kier molecular flexibility index (Phi) is 2.74. The second-order valence-corrected chi connectivity index (χ2v) is 4.59. The van der Waals surface area contributed by atoms with Gasteiger partial charge in [-0.25, -0.2) is 0 Å². The van der Waals surface area contributed by atoms with E-state index in [1.807, 2.05) is 30.3 Å². The standard InChI is InChI=1S/C10H12N2OS/c11-10-12-9(13)8(14-10)6-7-4-2-1-3-5-7/h1-5,8,10H,6,11H2,(H,12,13). The Labute approximate surface area is 87.1 Å². The molecule has 1 aromatic carbocycles. The molecule has 0 aliphatic carbocycles. The molecule has 3 N–H and O–H groups in total. The third-order valence-corrected chi connectivity index (χ3v) is 3.27. The van der Waals surface area contributed by atoms with Gasteiger partial charge in [0, 0.05) is 0 Å². The Morgan fingerprint density at radius 3 is 2.64 bits per heavy atom. The highest BCUT2D eigenvalue weighted by Crippen LogP contribution is 2.23. The Morgan fingerprint density at radius 2 is 2.07 bits per heavy atom. The number of carbonyl (C=O) groups excluding carboxylic acids is 1. The lowest BCUT2D eigenvalue weighted by Crippen LogP contribution is -2.33. The van der Waals surface area contributed by atoms with Gasteiger partial charge in [-0.2, -0.15) is 0 Å². The molecule has 1 saturated heterocycles. The average Bonchev–Trinajstić information content (AvgIpc) is 2.47. The predicted molar refractivity (Wildman–Crippen MR) is 57.6 cm³/mol. The Morgan fingerprint density at radius 1 is 1.36 bits per heavy atom. The fraction of sp³-hybridized carbons (Fsp3) is 0.300. The van der Waals surface area contributed by atoms with E-state index in [-0.39, 0.29) is 16.7 Å². The van der Waals surface area contributed by atoms with Crippen LogP contribution in [0.5, 0.6) is 0 Å². The van der Waals surface area contributed by atoms with Crippen LogP contribution in [-0.2, 0) is 11.2 Å². The van der Waals surface area contributed by atoms with Crippen LogP contribution in [0.4, 0.5) is 0 Å². The fourth-order valence-corrected chi connectivity index (χ4v) is 2.49. The third-order valence-electron chi connectivity index (χ3n) is 2.15. The predicted octanol–water partition coefficient (Wildman–Crippen LogP) is 0.703. The zero-order chi connectivity index (χ0) is 9.97. The molecule has 4 heteroatoms. The molecular formula is C10H12N2OS. The van der Waals surface area contributed by atoms with Crippen molar-refractivity contribution in [1.82, 2.24) is 5.32 Å². The Hall–Kier alpha value is -1.00. The molecule has 0 spiro atoms. The number of rotatable bonds is 2. The van der Waals surface area contributed by atoms with Crippen molar-refractivity contribution in [3.63, 3.8) is 0 Å². The summed E-state index contributed by atoms with van der Waals surface area (Å²) in [7, 11) is 0. The first-order chi connectivity index (χ1) is 6.75. The average molecular weight is 208 g/mol. The van der Waals surface area contributed by atoms with E-state index in [0.29, 0.717) is 0 Å². The molecule has 14 heavy (non-hydrogen) atoms. The number of nitrogens with two attached hydrogens (primary N) is 1. The van der Waals surface area contributed by atoms with Crippen molar-refractivity contribution in [3.8, 4) is 0 Å². The molecule has 1 heterocycles. The summed E-state index contributed by atoms with van der Waals surface area (Å²) in [4.78, 5) is 11.4. The smallest absolute Gasteiger partial charge is 0.235 e. The molecule has 1 fully saturated rings. The van der Waals surface area contributed by atoms with E-state index in [9.17, 15) is 4.79 Å². The van der Waals surface area contributed by atoms with Crippen molar-refractivity contribution in [1.29, 1.82) is 0 Å². The molecule has 1 aromatic rings. The largest absolute Gasteiger partial charge is 0.331 e. The number of thioether (sulfide) groups is 1. The van der Waals surface area contributed by atoms with E-state index in [1.165, 1.54) is 17.3 Å². The molecule has 2 atom stereocenters. The highest BCUT2D eigenvalue weighted by Gasteiger charge is 2.30. The number of amides is 1. The quantitative estimate of drug-likeness (QED) is 0.752. The first-order valence-corrected chi connectivity index (χ1v) is 5.45. The maximum atomic E-state index is 11.4. The summed E-state index contributed by atoms with van der Waals surface area (Å²) in [5.74, 6) is 0.0475. The lowest BCUT2D eigenvalue weighted by molar-refractivity contribution is -0.120. The lowest BCUT2D eigenvalue weighted by atomic mass is 10.1. The molecule has 1 aliphatic rings. The fourth-order valence-electron chi connectivity index (χ4n) is 1.47. The third kappa shape index (κ3) is 2.08. The number of nitrogens with one attached hydrogen (secondary N) is 1. The molecule has 0 aromatic heterocycles. The van der Waals surface area contributed by atoms with Gasteiger partial charge >= 0.3 is 0 Å². The van der Waals surface area contributed by atoms with Crippen LogP contribution in [0.1, 0.15) is 5.56 Å². The molecule has 2 unspecified atom stereocenters. The van der Waals surface area contributed by atoms with Gasteiger partial charge in [-0.05, 0) is 12.0 Å². The molecule has 1 aliphatic heterocycles. The van der Waals surface area contributed by atoms with Crippen LogP contribution in [0, 0.1) is 0 Å². The van der Waals surface area contributed by atoms with E-state index < -0.39 is 0 Å². The van der Waals surface area contributed by atoms with Crippen molar-refractivity contribution in [2.24, 2.45) is 5.73 Å². The summed E-state index contributed by atoms with van der Waals surface area (Å²) < 4.78 is 0. The zero-order valence-electron chi connectivity index (χ0n) is 7.64. The minimum atomic E-state index is -0.240. The molecule has 0 bridgehead atoms. The molecular weight excluding hydrogens is 196 g/mol. The van der Waals surface area contributed by atoms with Crippen LogP contribution in [-0.4, -0.2) is 16.7 Å². The van der Waals surface area contributed by atoms with Gasteiger partial charge in [0.25, 0.3) is 0 Å². The van der Waals surface area contributed by atoms with Crippen molar-refractivity contribution in [2.45, 2.75) is 17.2 Å². The second-order valence-electron chi connectivity index (χ2n) is 3.24. The van der Waals surface area contributed by atoms with Crippen LogP contribution in [0.3, 0.4) is 0 Å². The number of benzene rings is 1. The lowest BCUT2D eigenvalue weighted by Gasteiger charge is -2.05. The van der Waals surface area contributed by atoms with Crippen LogP contribution >= 0.6 is 11.8 Å². The Bertz CT molecular complexity index is 328. The van der Waals surface area contributed by atoms with Crippen molar-refractivity contribution in [2.75, 3.05) is 0 Å². The van der Waals surface area contributed by atoms with Gasteiger partial charge in [-0.3, -0.25) is 4.79 Å².